The fourth-order valence-electron chi connectivity index (χ4n) is 4.14. The first kappa shape index (κ1) is 24.5. The number of aliphatic hydroxyl groups is 1. The van der Waals surface area contributed by atoms with Gasteiger partial charge in [-0.05, 0) is 52.9 Å². The highest BCUT2D eigenvalue weighted by molar-refractivity contribution is 7.91. The Labute approximate surface area is 205 Å². The van der Waals surface area contributed by atoms with Gasteiger partial charge >= 0.3 is 0 Å². The van der Waals surface area contributed by atoms with Crippen LogP contribution in [0.4, 0.5) is 10.2 Å². The highest BCUT2D eigenvalue weighted by atomic mass is 35.5. The summed E-state index contributed by atoms with van der Waals surface area (Å²) in [6.45, 7) is -0.362. The Morgan fingerprint density at radius 1 is 1.24 bits per heavy atom. The molecular weight excluding hydrogens is 477 g/mol. The van der Waals surface area contributed by atoms with Crippen molar-refractivity contribution in [3.63, 3.8) is 0 Å². The number of carbonyl (C=O) groups is 1. The third kappa shape index (κ3) is 5.52. The molecule has 0 radical (unpaired) electrons. The lowest BCUT2D eigenvalue weighted by molar-refractivity contribution is 0.0912. The van der Waals surface area contributed by atoms with Crippen molar-refractivity contribution in [1.82, 2.24) is 10.3 Å². The lowest BCUT2D eigenvalue weighted by Crippen LogP contribution is -2.31. The highest BCUT2D eigenvalue weighted by Gasteiger charge is 2.28. The van der Waals surface area contributed by atoms with Gasteiger partial charge < -0.3 is 16.2 Å². The Hall–Kier alpha value is -2.65. The van der Waals surface area contributed by atoms with Gasteiger partial charge in [0.05, 0.1) is 18.2 Å². The van der Waals surface area contributed by atoms with Gasteiger partial charge in [-0.1, -0.05) is 29.8 Å². The number of nitrogen functional groups attached to an aromatic ring is 1. The van der Waals surface area contributed by atoms with Crippen LogP contribution in [0.1, 0.15) is 46.3 Å². The van der Waals surface area contributed by atoms with Crippen LogP contribution in [0, 0.1) is 5.82 Å². The maximum atomic E-state index is 15.0. The van der Waals surface area contributed by atoms with Crippen LogP contribution in [0.25, 0.3) is 11.1 Å². The van der Waals surface area contributed by atoms with E-state index in [0.29, 0.717) is 21.7 Å². The van der Waals surface area contributed by atoms with E-state index in [2.05, 4.69) is 10.3 Å². The first-order chi connectivity index (χ1) is 16.4. The average Bonchev–Trinajstić information content (AvgIpc) is 2.83. The number of aromatic nitrogens is 1. The fourth-order valence-corrected chi connectivity index (χ4v) is 5.66. The Bertz CT molecular complexity index is 1190. The molecule has 178 valence electrons. The van der Waals surface area contributed by atoms with Gasteiger partial charge in [-0.25, -0.2) is 9.37 Å². The molecule has 1 fully saturated rings. The predicted octanol–water partition coefficient (Wildman–Crippen LogP) is 4.56. The van der Waals surface area contributed by atoms with Gasteiger partial charge in [-0.2, -0.15) is 4.55 Å². The summed E-state index contributed by atoms with van der Waals surface area (Å²) in [4.78, 5) is 17.0. The molecular formula is C25H26ClFN3O3S+. The Balaban J connectivity index is 1.55. The quantitative estimate of drug-likeness (QED) is 0.370. The summed E-state index contributed by atoms with van der Waals surface area (Å²) in [5.41, 5.74) is 8.70. The van der Waals surface area contributed by atoms with Crippen molar-refractivity contribution in [2.45, 2.75) is 24.8 Å². The zero-order valence-electron chi connectivity index (χ0n) is 18.4. The van der Waals surface area contributed by atoms with E-state index in [1.54, 1.807) is 36.5 Å². The number of nitrogens with one attached hydrogen (secondary N) is 1. The maximum absolute atomic E-state index is 15.0. The topological polar surface area (TPSA) is 108 Å². The van der Waals surface area contributed by atoms with Crippen LogP contribution in [-0.2, 0) is 11.2 Å². The molecule has 1 amide bonds. The molecule has 1 aromatic heterocycles. The van der Waals surface area contributed by atoms with E-state index >= 15 is 4.39 Å². The lowest BCUT2D eigenvalue weighted by atomic mass is 9.92. The predicted molar refractivity (Wildman–Crippen MR) is 134 cm³/mol. The number of hydrogen-bond acceptors (Lipinski definition) is 5. The van der Waals surface area contributed by atoms with E-state index in [1.807, 2.05) is 6.07 Å². The number of rotatable bonds is 6. The van der Waals surface area contributed by atoms with E-state index in [4.69, 9.17) is 17.3 Å². The van der Waals surface area contributed by atoms with Crippen molar-refractivity contribution in [2.24, 2.45) is 0 Å². The SMILES string of the molecule is Nc1ncc(C2CC[S+](O)CC2)cc1-c1ccc(C(=O)N[C@H](CO)c2cccc(Cl)c2)c(F)c1. The molecule has 1 aliphatic rings. The summed E-state index contributed by atoms with van der Waals surface area (Å²) >= 11 is 5.49. The summed E-state index contributed by atoms with van der Waals surface area (Å²) in [6.07, 6.45) is 3.49. The van der Waals surface area contributed by atoms with Crippen molar-refractivity contribution in [3.05, 3.63) is 82.3 Å². The number of aliphatic hydroxyl groups excluding tert-OH is 1. The van der Waals surface area contributed by atoms with Crippen molar-refractivity contribution in [1.29, 1.82) is 0 Å². The Morgan fingerprint density at radius 3 is 2.68 bits per heavy atom. The van der Waals surface area contributed by atoms with Crippen molar-refractivity contribution < 1.29 is 18.8 Å². The van der Waals surface area contributed by atoms with Gasteiger partial charge in [0.1, 0.15) is 34.3 Å². The molecule has 34 heavy (non-hydrogen) atoms. The minimum absolute atomic E-state index is 0.144. The van der Waals surface area contributed by atoms with E-state index in [0.717, 1.165) is 29.9 Å². The monoisotopic (exact) mass is 502 g/mol. The first-order valence-corrected chi connectivity index (χ1v) is 12.8. The molecule has 6 nitrogen and oxygen atoms in total. The van der Waals surface area contributed by atoms with Crippen LogP contribution < -0.4 is 11.1 Å². The van der Waals surface area contributed by atoms with Crippen molar-refractivity contribution >= 4 is 34.5 Å². The summed E-state index contributed by atoms with van der Waals surface area (Å²) in [5.74, 6) is 0.743. The van der Waals surface area contributed by atoms with Gasteiger partial charge in [-0.3, -0.25) is 4.79 Å². The number of carbonyl (C=O) groups excluding carboxylic acids is 1. The number of amides is 1. The van der Waals surface area contributed by atoms with E-state index in [9.17, 15) is 14.5 Å². The van der Waals surface area contributed by atoms with Gasteiger partial charge in [0.25, 0.3) is 5.91 Å². The molecule has 1 aliphatic heterocycles. The minimum atomic E-state index is -0.726. The zero-order valence-corrected chi connectivity index (χ0v) is 20.0. The molecule has 2 aromatic carbocycles. The van der Waals surface area contributed by atoms with E-state index < -0.39 is 28.9 Å². The Kier molecular flexibility index (Phi) is 7.73. The van der Waals surface area contributed by atoms with Crippen LogP contribution in [0.5, 0.6) is 0 Å². The minimum Gasteiger partial charge on any atom is -0.394 e. The number of benzene rings is 2. The molecule has 5 N–H and O–H groups in total. The average molecular weight is 503 g/mol. The molecule has 0 unspecified atom stereocenters. The zero-order chi connectivity index (χ0) is 24.2. The third-order valence-electron chi connectivity index (χ3n) is 6.08. The van der Waals surface area contributed by atoms with Crippen molar-refractivity contribution in [2.75, 3.05) is 23.8 Å². The van der Waals surface area contributed by atoms with E-state index in [-0.39, 0.29) is 23.9 Å². The largest absolute Gasteiger partial charge is 0.394 e. The molecule has 2 heterocycles. The molecule has 4 rings (SSSR count). The number of hydrogen-bond donors (Lipinski definition) is 4. The molecule has 9 heteroatoms. The van der Waals surface area contributed by atoms with Crippen LogP contribution in [-0.4, -0.2) is 38.7 Å². The van der Waals surface area contributed by atoms with Crippen LogP contribution in [0.3, 0.4) is 0 Å². The molecule has 0 spiro atoms. The smallest absolute Gasteiger partial charge is 0.254 e. The third-order valence-corrected chi connectivity index (χ3v) is 7.73. The summed E-state index contributed by atoms with van der Waals surface area (Å²) < 4.78 is 24.8. The second-order valence-electron chi connectivity index (χ2n) is 8.30. The van der Waals surface area contributed by atoms with Gasteiger partial charge in [0.2, 0.25) is 0 Å². The Morgan fingerprint density at radius 2 is 2.00 bits per heavy atom. The fraction of sp³-hybridized carbons (Fsp3) is 0.280. The van der Waals surface area contributed by atoms with Crippen LogP contribution >= 0.6 is 11.6 Å². The molecule has 1 saturated heterocycles. The van der Waals surface area contributed by atoms with Gasteiger partial charge in [0.15, 0.2) is 0 Å². The summed E-state index contributed by atoms with van der Waals surface area (Å²) in [5, 5.41) is 12.8. The van der Waals surface area contributed by atoms with Gasteiger partial charge in [-0.15, -0.1) is 0 Å². The highest BCUT2D eigenvalue weighted by Crippen LogP contribution is 2.34. The normalized spacial score (nSPS) is 18.9. The van der Waals surface area contributed by atoms with Crippen LogP contribution in [0.2, 0.25) is 5.02 Å². The number of halogens is 2. The van der Waals surface area contributed by atoms with Crippen molar-refractivity contribution in [3.8, 4) is 11.1 Å². The van der Waals surface area contributed by atoms with Gasteiger partial charge in [0, 0.05) is 29.6 Å². The number of anilines is 1. The standard InChI is InChI=1S/C25H25ClFN3O3S/c26-19-3-1-2-17(10-19)23(14-31)30-25(32)20-5-4-16(12-22(20)27)21-11-18(13-29-24(21)28)15-6-8-34(33)9-7-15/h1-5,10-13,15,23,31,33H,6-9,14H2,(H2-,28,29,30,32)/p+1/t15?,23-,34?/m1/s1. The molecule has 1 atom stereocenters. The second-order valence-corrected chi connectivity index (χ2v) is 10.5. The molecule has 0 saturated carbocycles. The summed E-state index contributed by atoms with van der Waals surface area (Å²) in [7, 11) is 0. The molecule has 3 aromatic rings. The lowest BCUT2D eigenvalue weighted by Gasteiger charge is -2.20. The first-order valence-electron chi connectivity index (χ1n) is 10.9. The van der Waals surface area contributed by atoms with E-state index in [1.165, 1.54) is 12.1 Å². The molecule has 0 aliphatic carbocycles. The number of nitrogens with zero attached hydrogens (tertiary/aromatic N) is 1. The number of nitrogens with two attached hydrogens (primary N) is 1. The maximum Gasteiger partial charge on any atom is 0.254 e. The second kappa shape index (κ2) is 10.7. The summed E-state index contributed by atoms with van der Waals surface area (Å²) in [6, 6.07) is 12.3. The van der Waals surface area contributed by atoms with Crippen LogP contribution in [0.15, 0.2) is 54.7 Å². The number of pyridine rings is 1. The molecule has 0 bridgehead atoms.